The van der Waals surface area contributed by atoms with Crippen molar-refractivity contribution in [3.8, 4) is 5.75 Å². The second-order valence-electron chi connectivity index (χ2n) is 4.37. The Balaban J connectivity index is 2.44. The van der Waals surface area contributed by atoms with Crippen molar-refractivity contribution in [3.63, 3.8) is 0 Å². The maximum absolute atomic E-state index is 11.9. The minimum atomic E-state index is -1.22. The third kappa shape index (κ3) is 1.63. The monoisotopic (exact) mass is 222 g/mol. The average molecular weight is 222 g/mol. The molecule has 1 aromatic heterocycles. The molecule has 2 heterocycles. The molecular formula is C11H14N2O3. The van der Waals surface area contributed by atoms with Crippen LogP contribution in [0.5, 0.6) is 5.75 Å². The highest BCUT2D eigenvalue weighted by molar-refractivity contribution is 5.99. The zero-order chi connectivity index (χ0) is 11.9. The molecule has 1 atom stereocenters. The molecule has 0 radical (unpaired) electrons. The van der Waals surface area contributed by atoms with Crippen molar-refractivity contribution in [2.75, 3.05) is 11.9 Å². The fourth-order valence-corrected chi connectivity index (χ4v) is 1.63. The van der Waals surface area contributed by atoms with Gasteiger partial charge in [-0.25, -0.2) is 4.98 Å². The zero-order valence-corrected chi connectivity index (χ0v) is 9.47. The van der Waals surface area contributed by atoms with Gasteiger partial charge in [-0.2, -0.15) is 0 Å². The molecule has 16 heavy (non-hydrogen) atoms. The summed E-state index contributed by atoms with van der Waals surface area (Å²) in [6.07, 6.45) is 0.699. The van der Waals surface area contributed by atoms with Crippen molar-refractivity contribution < 1.29 is 14.6 Å². The maximum atomic E-state index is 11.9. The van der Waals surface area contributed by atoms with Gasteiger partial charge in [-0.3, -0.25) is 9.69 Å². The second-order valence-corrected chi connectivity index (χ2v) is 4.37. The average Bonchev–Trinajstić information content (AvgIpc) is 2.22. The number of aromatic nitrogens is 1. The van der Waals surface area contributed by atoms with Gasteiger partial charge in [0, 0.05) is 13.2 Å². The number of fused-ring (bicyclic) bond motifs is 1. The Morgan fingerprint density at radius 3 is 2.88 bits per heavy atom. The highest BCUT2D eigenvalue weighted by atomic mass is 16.5. The van der Waals surface area contributed by atoms with E-state index in [9.17, 15) is 9.90 Å². The fraction of sp³-hybridized carbons (Fsp3) is 0.455. The molecule has 1 N–H and O–H groups in total. The second kappa shape index (κ2) is 3.45. The molecule has 86 valence electrons. The lowest BCUT2D eigenvalue weighted by atomic mass is 9.99. The Morgan fingerprint density at radius 1 is 1.56 bits per heavy atom. The number of rotatable bonds is 1. The lowest BCUT2D eigenvalue weighted by Crippen LogP contribution is -2.54. The summed E-state index contributed by atoms with van der Waals surface area (Å²) in [6.45, 7) is 3.09. The summed E-state index contributed by atoms with van der Waals surface area (Å²) in [7, 11) is 1.62. The van der Waals surface area contributed by atoms with E-state index in [1.165, 1.54) is 4.90 Å². The standard InChI is InChI=1S/C11H14N2O3/c1-11(2,15)8-10(14)13(3)9-7(16-8)5-4-6-12-9/h4-6,8,15H,1-3H3. The first kappa shape index (κ1) is 10.9. The molecule has 2 rings (SSSR count). The zero-order valence-electron chi connectivity index (χ0n) is 9.47. The maximum Gasteiger partial charge on any atom is 0.272 e. The number of carbonyl (C=O) groups is 1. The van der Waals surface area contributed by atoms with Crippen LogP contribution < -0.4 is 9.64 Å². The van der Waals surface area contributed by atoms with Gasteiger partial charge in [-0.15, -0.1) is 0 Å². The van der Waals surface area contributed by atoms with E-state index < -0.39 is 11.7 Å². The van der Waals surface area contributed by atoms with E-state index in [0.29, 0.717) is 11.6 Å². The minimum absolute atomic E-state index is 0.293. The number of hydrogen-bond donors (Lipinski definition) is 1. The number of carbonyl (C=O) groups excluding carboxylic acids is 1. The van der Waals surface area contributed by atoms with E-state index >= 15 is 0 Å². The summed E-state index contributed by atoms with van der Waals surface area (Å²) in [5, 5.41) is 9.86. The van der Waals surface area contributed by atoms with Crippen LogP contribution in [-0.4, -0.2) is 34.8 Å². The van der Waals surface area contributed by atoms with E-state index in [1.54, 1.807) is 39.2 Å². The topological polar surface area (TPSA) is 62.7 Å². The minimum Gasteiger partial charge on any atom is -0.474 e. The van der Waals surface area contributed by atoms with E-state index in [1.807, 2.05) is 0 Å². The largest absolute Gasteiger partial charge is 0.474 e. The van der Waals surface area contributed by atoms with E-state index in [-0.39, 0.29) is 5.91 Å². The smallest absolute Gasteiger partial charge is 0.272 e. The van der Waals surface area contributed by atoms with E-state index in [0.717, 1.165) is 0 Å². The normalized spacial score (nSPS) is 20.4. The molecule has 0 bridgehead atoms. The summed E-state index contributed by atoms with van der Waals surface area (Å²) in [4.78, 5) is 17.4. The van der Waals surface area contributed by atoms with E-state index in [4.69, 9.17) is 4.74 Å². The Kier molecular flexibility index (Phi) is 2.35. The predicted molar refractivity (Wildman–Crippen MR) is 58.4 cm³/mol. The first-order valence-electron chi connectivity index (χ1n) is 5.03. The molecule has 0 aliphatic carbocycles. The van der Waals surface area contributed by atoms with Crippen molar-refractivity contribution in [3.05, 3.63) is 18.3 Å². The highest BCUT2D eigenvalue weighted by Crippen LogP contribution is 2.33. The molecule has 5 heteroatoms. The number of ether oxygens (including phenoxy) is 1. The first-order valence-corrected chi connectivity index (χ1v) is 5.03. The number of amides is 1. The molecule has 1 amide bonds. The molecule has 0 spiro atoms. The Morgan fingerprint density at radius 2 is 2.25 bits per heavy atom. The Bertz CT molecular complexity index is 425. The summed E-state index contributed by atoms with van der Waals surface area (Å²) in [5.74, 6) is 0.698. The third-order valence-electron chi connectivity index (χ3n) is 2.51. The van der Waals surface area contributed by atoms with Gasteiger partial charge in [0.25, 0.3) is 5.91 Å². The number of nitrogens with zero attached hydrogens (tertiary/aromatic N) is 2. The lowest BCUT2D eigenvalue weighted by molar-refractivity contribution is -0.137. The molecular weight excluding hydrogens is 208 g/mol. The summed E-state index contributed by atoms with van der Waals surface area (Å²) >= 11 is 0. The molecule has 1 aromatic rings. The molecule has 5 nitrogen and oxygen atoms in total. The van der Waals surface area contributed by atoms with Crippen LogP contribution in [0.3, 0.4) is 0 Å². The van der Waals surface area contributed by atoms with Crippen LogP contribution in [0.2, 0.25) is 0 Å². The Labute approximate surface area is 93.7 Å². The fourth-order valence-electron chi connectivity index (χ4n) is 1.63. The van der Waals surface area contributed by atoms with Crippen LogP contribution >= 0.6 is 0 Å². The van der Waals surface area contributed by atoms with Crippen LogP contribution in [0.15, 0.2) is 18.3 Å². The highest BCUT2D eigenvalue weighted by Gasteiger charge is 2.42. The van der Waals surface area contributed by atoms with Gasteiger partial charge >= 0.3 is 0 Å². The number of aliphatic hydroxyl groups is 1. The molecule has 1 unspecified atom stereocenters. The molecule has 0 saturated heterocycles. The Hall–Kier alpha value is -1.62. The summed E-state index contributed by atoms with van der Waals surface area (Å²) < 4.78 is 5.48. The van der Waals surface area contributed by atoms with Gasteiger partial charge in [0.05, 0.1) is 0 Å². The predicted octanol–water partition coefficient (Wildman–Crippen LogP) is 0.576. The number of anilines is 1. The van der Waals surface area contributed by atoms with Gasteiger partial charge in [-0.1, -0.05) is 0 Å². The number of pyridine rings is 1. The van der Waals surface area contributed by atoms with Crippen molar-refractivity contribution in [2.24, 2.45) is 0 Å². The molecule has 0 aromatic carbocycles. The number of likely N-dealkylation sites (N-methyl/N-ethyl adjacent to an activating group) is 1. The van der Waals surface area contributed by atoms with Crippen LogP contribution in [0.1, 0.15) is 13.8 Å². The van der Waals surface area contributed by atoms with Gasteiger partial charge in [0.1, 0.15) is 5.60 Å². The summed E-state index contributed by atoms with van der Waals surface area (Å²) in [5.41, 5.74) is -1.22. The quantitative estimate of drug-likeness (QED) is 0.754. The molecule has 1 aliphatic rings. The van der Waals surface area contributed by atoms with Crippen molar-refractivity contribution in [1.82, 2.24) is 4.98 Å². The van der Waals surface area contributed by atoms with Crippen LogP contribution in [0, 0.1) is 0 Å². The van der Waals surface area contributed by atoms with Gasteiger partial charge in [0.2, 0.25) is 6.10 Å². The third-order valence-corrected chi connectivity index (χ3v) is 2.51. The number of hydrogen-bond acceptors (Lipinski definition) is 4. The van der Waals surface area contributed by atoms with Crippen molar-refractivity contribution >= 4 is 11.7 Å². The van der Waals surface area contributed by atoms with Crippen LogP contribution in [0.4, 0.5) is 5.82 Å². The van der Waals surface area contributed by atoms with Crippen LogP contribution in [-0.2, 0) is 4.79 Å². The molecule has 1 aliphatic heterocycles. The van der Waals surface area contributed by atoms with Gasteiger partial charge < -0.3 is 9.84 Å². The van der Waals surface area contributed by atoms with Crippen molar-refractivity contribution in [2.45, 2.75) is 25.6 Å². The molecule has 0 fully saturated rings. The first-order chi connectivity index (χ1) is 7.41. The van der Waals surface area contributed by atoms with Crippen molar-refractivity contribution in [1.29, 1.82) is 0 Å². The summed E-state index contributed by atoms with van der Waals surface area (Å²) in [6, 6.07) is 3.45. The lowest BCUT2D eigenvalue weighted by Gasteiger charge is -2.36. The van der Waals surface area contributed by atoms with Crippen LogP contribution in [0.25, 0.3) is 0 Å². The van der Waals surface area contributed by atoms with Gasteiger partial charge in [0.15, 0.2) is 11.6 Å². The van der Waals surface area contributed by atoms with Gasteiger partial charge in [-0.05, 0) is 26.0 Å². The van der Waals surface area contributed by atoms with E-state index in [2.05, 4.69) is 4.98 Å². The SMILES string of the molecule is CN1C(=O)C(C(C)(C)O)Oc2cccnc21. The molecule has 0 saturated carbocycles.